The second-order valence-electron chi connectivity index (χ2n) is 6.85. The van der Waals surface area contributed by atoms with Crippen molar-refractivity contribution in [2.45, 2.75) is 13.0 Å². The van der Waals surface area contributed by atoms with Gasteiger partial charge in [-0.2, -0.15) is 5.10 Å². The summed E-state index contributed by atoms with van der Waals surface area (Å²) in [6, 6.07) is 10.8. The second kappa shape index (κ2) is 5.49. The zero-order valence-electron chi connectivity index (χ0n) is 13.6. The maximum absolute atomic E-state index is 12.6. The van der Waals surface area contributed by atoms with Crippen molar-refractivity contribution in [3.63, 3.8) is 0 Å². The molecule has 2 aliphatic heterocycles. The monoisotopic (exact) mass is 310 g/mol. The second-order valence-corrected chi connectivity index (χ2v) is 6.85. The van der Waals surface area contributed by atoms with Crippen LogP contribution in [0, 0.1) is 18.8 Å². The van der Waals surface area contributed by atoms with E-state index in [9.17, 15) is 4.79 Å². The van der Waals surface area contributed by atoms with Gasteiger partial charge >= 0.3 is 0 Å². The van der Waals surface area contributed by atoms with E-state index in [-0.39, 0.29) is 5.91 Å². The molecule has 1 amide bonds. The molecular formula is C18H22N4O. The van der Waals surface area contributed by atoms with Gasteiger partial charge in [-0.3, -0.25) is 14.8 Å². The highest BCUT2D eigenvalue weighted by Crippen LogP contribution is 2.44. The molecule has 2 fully saturated rings. The number of aromatic amines is 1. The smallest absolute Gasteiger partial charge is 0.271 e. The summed E-state index contributed by atoms with van der Waals surface area (Å²) < 4.78 is 0. The average molecular weight is 310 g/mol. The Morgan fingerprint density at radius 2 is 2.04 bits per heavy atom. The molecule has 120 valence electrons. The first-order valence-electron chi connectivity index (χ1n) is 8.19. The van der Waals surface area contributed by atoms with Crippen LogP contribution in [0.25, 0.3) is 0 Å². The molecule has 0 radical (unpaired) electrons. The number of aromatic nitrogens is 2. The van der Waals surface area contributed by atoms with Crippen molar-refractivity contribution in [3.8, 4) is 0 Å². The number of benzene rings is 1. The summed E-state index contributed by atoms with van der Waals surface area (Å²) in [5, 5.41) is 6.68. The van der Waals surface area contributed by atoms with Crippen molar-refractivity contribution in [2.75, 3.05) is 26.7 Å². The first-order chi connectivity index (χ1) is 11.1. The topological polar surface area (TPSA) is 52.2 Å². The number of fused-ring (bicyclic) bond motifs is 1. The minimum absolute atomic E-state index is 0.0723. The highest BCUT2D eigenvalue weighted by molar-refractivity contribution is 5.92. The van der Waals surface area contributed by atoms with E-state index in [4.69, 9.17) is 0 Å². The summed E-state index contributed by atoms with van der Waals surface area (Å²) >= 11 is 0. The number of likely N-dealkylation sites (tertiary alicyclic amines) is 2. The van der Waals surface area contributed by atoms with Crippen LogP contribution in [0.15, 0.2) is 36.5 Å². The number of aryl methyl sites for hydroxylation is 1. The van der Waals surface area contributed by atoms with Crippen molar-refractivity contribution in [2.24, 2.45) is 11.8 Å². The molecule has 3 heterocycles. The van der Waals surface area contributed by atoms with Crippen LogP contribution < -0.4 is 0 Å². The summed E-state index contributed by atoms with van der Waals surface area (Å²) in [5.41, 5.74) is 3.33. The van der Waals surface area contributed by atoms with E-state index in [0.29, 0.717) is 23.6 Å². The van der Waals surface area contributed by atoms with Crippen molar-refractivity contribution >= 4 is 5.91 Å². The molecule has 5 heteroatoms. The third-order valence-corrected chi connectivity index (χ3v) is 5.42. The highest BCUT2D eigenvalue weighted by atomic mass is 16.2. The Labute approximate surface area is 136 Å². The van der Waals surface area contributed by atoms with Gasteiger partial charge in [0, 0.05) is 37.8 Å². The van der Waals surface area contributed by atoms with Gasteiger partial charge in [-0.25, -0.2) is 0 Å². The molecule has 23 heavy (non-hydrogen) atoms. The Morgan fingerprint density at radius 1 is 1.22 bits per heavy atom. The van der Waals surface area contributed by atoms with Crippen LogP contribution in [-0.4, -0.2) is 52.6 Å². The minimum atomic E-state index is 0.0723. The lowest BCUT2D eigenvalue weighted by molar-refractivity contribution is 0.0762. The van der Waals surface area contributed by atoms with Crippen LogP contribution in [0.2, 0.25) is 0 Å². The number of hydrogen-bond acceptors (Lipinski definition) is 3. The van der Waals surface area contributed by atoms with Gasteiger partial charge in [0.05, 0.1) is 0 Å². The quantitative estimate of drug-likeness (QED) is 0.924. The van der Waals surface area contributed by atoms with Gasteiger partial charge in [-0.05, 0) is 37.1 Å². The van der Waals surface area contributed by atoms with Crippen LogP contribution in [0.1, 0.15) is 27.7 Å². The molecule has 0 aliphatic carbocycles. The van der Waals surface area contributed by atoms with E-state index in [1.54, 1.807) is 12.3 Å². The number of nitrogens with one attached hydrogen (secondary N) is 1. The first-order valence-corrected chi connectivity index (χ1v) is 8.19. The van der Waals surface area contributed by atoms with E-state index in [0.717, 1.165) is 19.6 Å². The lowest BCUT2D eigenvalue weighted by Gasteiger charge is -2.28. The van der Waals surface area contributed by atoms with Crippen molar-refractivity contribution in [1.82, 2.24) is 20.0 Å². The summed E-state index contributed by atoms with van der Waals surface area (Å²) in [7, 11) is 2.20. The fraction of sp³-hybridized carbons (Fsp3) is 0.444. The molecule has 0 bridgehead atoms. The van der Waals surface area contributed by atoms with Crippen molar-refractivity contribution in [1.29, 1.82) is 0 Å². The van der Waals surface area contributed by atoms with Crippen LogP contribution in [0.4, 0.5) is 0 Å². The molecule has 1 N–H and O–H groups in total. The molecule has 0 saturated carbocycles. The van der Waals surface area contributed by atoms with Gasteiger partial charge in [0.2, 0.25) is 0 Å². The van der Waals surface area contributed by atoms with E-state index in [2.05, 4.69) is 53.3 Å². The molecule has 1 aromatic carbocycles. The van der Waals surface area contributed by atoms with Gasteiger partial charge in [-0.15, -0.1) is 0 Å². The van der Waals surface area contributed by atoms with E-state index in [1.165, 1.54) is 11.1 Å². The summed E-state index contributed by atoms with van der Waals surface area (Å²) in [5.74, 6) is 1.13. The molecule has 1 aromatic heterocycles. The number of carbonyl (C=O) groups excluding carboxylic acids is 1. The SMILES string of the molecule is Cc1ccccc1[C@H]1[C@@H]2CN(C(=O)c3ccn[nH]3)C[C@@H]2CN1C. The Kier molecular flexibility index (Phi) is 3.45. The average Bonchev–Trinajstić information content (AvgIpc) is 3.23. The van der Waals surface area contributed by atoms with Crippen LogP contribution in [-0.2, 0) is 0 Å². The Hall–Kier alpha value is -2.14. The number of H-pyrrole nitrogens is 1. The molecule has 2 saturated heterocycles. The van der Waals surface area contributed by atoms with Crippen molar-refractivity contribution < 1.29 is 4.79 Å². The Balaban J connectivity index is 1.58. The molecule has 2 aromatic rings. The fourth-order valence-corrected chi connectivity index (χ4v) is 4.36. The molecule has 0 spiro atoms. The maximum Gasteiger partial charge on any atom is 0.271 e. The highest BCUT2D eigenvalue weighted by Gasteiger charge is 2.47. The van der Waals surface area contributed by atoms with Gasteiger partial charge in [0.25, 0.3) is 5.91 Å². The summed E-state index contributed by atoms with van der Waals surface area (Å²) in [4.78, 5) is 17.0. The zero-order valence-corrected chi connectivity index (χ0v) is 13.6. The summed E-state index contributed by atoms with van der Waals surface area (Å²) in [6.07, 6.45) is 1.63. The fourth-order valence-electron chi connectivity index (χ4n) is 4.36. The molecule has 4 rings (SSSR count). The molecular weight excluding hydrogens is 288 g/mol. The lowest BCUT2D eigenvalue weighted by Crippen LogP contribution is -2.33. The lowest BCUT2D eigenvalue weighted by atomic mass is 9.88. The van der Waals surface area contributed by atoms with Gasteiger partial charge in [0.15, 0.2) is 0 Å². The summed E-state index contributed by atoms with van der Waals surface area (Å²) in [6.45, 7) is 4.90. The van der Waals surface area contributed by atoms with E-state index >= 15 is 0 Å². The maximum atomic E-state index is 12.6. The molecule has 5 nitrogen and oxygen atoms in total. The Morgan fingerprint density at radius 3 is 2.78 bits per heavy atom. The number of hydrogen-bond donors (Lipinski definition) is 1. The third kappa shape index (κ3) is 2.36. The van der Waals surface area contributed by atoms with E-state index < -0.39 is 0 Å². The van der Waals surface area contributed by atoms with Crippen molar-refractivity contribution in [3.05, 3.63) is 53.3 Å². The molecule has 0 unspecified atom stereocenters. The normalized spacial score (nSPS) is 27.4. The minimum Gasteiger partial charge on any atom is -0.337 e. The first kappa shape index (κ1) is 14.5. The molecule has 2 aliphatic rings. The van der Waals surface area contributed by atoms with Crippen LogP contribution in [0.3, 0.4) is 0 Å². The van der Waals surface area contributed by atoms with E-state index in [1.807, 2.05) is 4.90 Å². The number of amides is 1. The molecule has 3 atom stereocenters. The predicted molar refractivity (Wildman–Crippen MR) is 88.0 cm³/mol. The van der Waals surface area contributed by atoms with Gasteiger partial charge < -0.3 is 4.90 Å². The standard InChI is InChI=1S/C18H22N4O/c1-12-5-3-4-6-14(12)17-15-11-22(10-13(15)9-21(17)2)18(23)16-7-8-19-20-16/h3-8,13,15,17H,9-11H2,1-2H3,(H,19,20)/t13-,15+,17-/m0/s1. The number of rotatable bonds is 2. The Bertz CT molecular complexity index is 712. The number of nitrogens with zero attached hydrogens (tertiary/aromatic N) is 3. The predicted octanol–water partition coefficient (Wildman–Crippen LogP) is 2.09. The largest absolute Gasteiger partial charge is 0.337 e. The van der Waals surface area contributed by atoms with Crippen LogP contribution in [0.5, 0.6) is 0 Å². The van der Waals surface area contributed by atoms with Gasteiger partial charge in [-0.1, -0.05) is 24.3 Å². The van der Waals surface area contributed by atoms with Crippen LogP contribution >= 0.6 is 0 Å². The third-order valence-electron chi connectivity index (χ3n) is 5.42. The number of carbonyl (C=O) groups is 1. The van der Waals surface area contributed by atoms with Gasteiger partial charge in [0.1, 0.15) is 5.69 Å². The zero-order chi connectivity index (χ0) is 16.0.